The van der Waals surface area contributed by atoms with E-state index in [4.69, 9.17) is 0 Å². The maximum absolute atomic E-state index is 12.4. The summed E-state index contributed by atoms with van der Waals surface area (Å²) in [5, 5.41) is 6.66. The summed E-state index contributed by atoms with van der Waals surface area (Å²) < 4.78 is 30.8. The number of halogens is 2. The van der Waals surface area contributed by atoms with Crippen molar-refractivity contribution in [3.05, 3.63) is 72.6 Å². The van der Waals surface area contributed by atoms with Crippen molar-refractivity contribution < 1.29 is 18.3 Å². The molecule has 0 saturated carbocycles. The van der Waals surface area contributed by atoms with Crippen LogP contribution in [0.25, 0.3) is 5.69 Å². The van der Waals surface area contributed by atoms with Crippen LogP contribution in [-0.2, 0) is 0 Å². The standard InChI is InChI=1S/C17H13F2N3O2/c18-17(19)24-15-5-2-1-4-14(15)21-16(23)12-6-8-13(9-7-12)22-11-3-10-20-22/h1-11,17H,(H,21,23). The Kier molecular flexibility index (Phi) is 4.51. The van der Waals surface area contributed by atoms with Crippen molar-refractivity contribution in [2.75, 3.05) is 5.32 Å². The van der Waals surface area contributed by atoms with Crippen LogP contribution in [0.2, 0.25) is 0 Å². The molecule has 1 amide bonds. The number of ether oxygens (including phenoxy) is 1. The molecule has 0 spiro atoms. The Hall–Kier alpha value is -3.22. The van der Waals surface area contributed by atoms with Crippen molar-refractivity contribution >= 4 is 11.6 Å². The first-order valence-electron chi connectivity index (χ1n) is 7.09. The van der Waals surface area contributed by atoms with Gasteiger partial charge in [0.25, 0.3) is 5.91 Å². The van der Waals surface area contributed by atoms with Gasteiger partial charge in [0.05, 0.1) is 11.4 Å². The molecule has 1 aromatic heterocycles. The Morgan fingerprint density at radius 1 is 1.08 bits per heavy atom. The van der Waals surface area contributed by atoms with Crippen molar-refractivity contribution in [1.29, 1.82) is 0 Å². The molecule has 1 heterocycles. The molecular weight excluding hydrogens is 316 g/mol. The Morgan fingerprint density at radius 2 is 1.83 bits per heavy atom. The van der Waals surface area contributed by atoms with Crippen LogP contribution >= 0.6 is 0 Å². The van der Waals surface area contributed by atoms with Gasteiger partial charge >= 0.3 is 6.61 Å². The van der Waals surface area contributed by atoms with Crippen LogP contribution in [0.15, 0.2) is 67.0 Å². The first kappa shape index (κ1) is 15.7. The summed E-state index contributed by atoms with van der Waals surface area (Å²) in [6, 6.07) is 14.6. The quantitative estimate of drug-likeness (QED) is 0.776. The van der Waals surface area contributed by atoms with E-state index in [0.717, 1.165) is 5.69 Å². The lowest BCUT2D eigenvalue weighted by Crippen LogP contribution is -2.14. The van der Waals surface area contributed by atoms with Gasteiger partial charge in [0.1, 0.15) is 5.75 Å². The summed E-state index contributed by atoms with van der Waals surface area (Å²) in [7, 11) is 0. The summed E-state index contributed by atoms with van der Waals surface area (Å²) in [4.78, 5) is 12.3. The fraction of sp³-hybridized carbons (Fsp3) is 0.0588. The number of nitrogens with zero attached hydrogens (tertiary/aromatic N) is 2. The van der Waals surface area contributed by atoms with E-state index < -0.39 is 12.5 Å². The first-order chi connectivity index (χ1) is 11.6. The van der Waals surface area contributed by atoms with Gasteiger partial charge in [-0.1, -0.05) is 12.1 Å². The van der Waals surface area contributed by atoms with Gasteiger partial charge in [-0.05, 0) is 42.5 Å². The lowest BCUT2D eigenvalue weighted by molar-refractivity contribution is -0.0493. The number of aromatic nitrogens is 2. The Labute approximate surface area is 136 Å². The van der Waals surface area contributed by atoms with Crippen molar-refractivity contribution in [2.45, 2.75) is 6.61 Å². The normalized spacial score (nSPS) is 10.6. The number of anilines is 1. The molecule has 1 N–H and O–H groups in total. The zero-order valence-corrected chi connectivity index (χ0v) is 12.4. The third-order valence-corrected chi connectivity index (χ3v) is 3.25. The molecule has 24 heavy (non-hydrogen) atoms. The SMILES string of the molecule is O=C(Nc1ccccc1OC(F)F)c1ccc(-n2cccn2)cc1. The van der Waals surface area contributed by atoms with E-state index in [-0.39, 0.29) is 11.4 Å². The van der Waals surface area contributed by atoms with Crippen LogP contribution < -0.4 is 10.1 Å². The number of carbonyl (C=O) groups excluding carboxylic acids is 1. The number of amides is 1. The van der Waals surface area contributed by atoms with Gasteiger partial charge in [0, 0.05) is 18.0 Å². The molecule has 7 heteroatoms. The number of benzene rings is 2. The number of alkyl halides is 2. The van der Waals surface area contributed by atoms with E-state index in [2.05, 4.69) is 15.2 Å². The second-order valence-corrected chi connectivity index (χ2v) is 4.83. The molecule has 3 aromatic rings. The molecular formula is C17H13F2N3O2. The predicted octanol–water partition coefficient (Wildman–Crippen LogP) is 3.73. The smallest absolute Gasteiger partial charge is 0.387 e. The van der Waals surface area contributed by atoms with Crippen molar-refractivity contribution in [3.63, 3.8) is 0 Å². The van der Waals surface area contributed by atoms with Gasteiger partial charge in [-0.3, -0.25) is 4.79 Å². The zero-order valence-electron chi connectivity index (χ0n) is 12.4. The highest BCUT2D eigenvalue weighted by molar-refractivity contribution is 6.05. The number of hydrogen-bond acceptors (Lipinski definition) is 3. The third-order valence-electron chi connectivity index (χ3n) is 3.25. The summed E-state index contributed by atoms with van der Waals surface area (Å²) >= 11 is 0. The van der Waals surface area contributed by atoms with Crippen molar-refractivity contribution in [3.8, 4) is 11.4 Å². The van der Waals surface area contributed by atoms with Crippen LogP contribution in [0, 0.1) is 0 Å². The average Bonchev–Trinajstić information content (AvgIpc) is 3.11. The predicted molar refractivity (Wildman–Crippen MR) is 84.6 cm³/mol. The molecule has 122 valence electrons. The summed E-state index contributed by atoms with van der Waals surface area (Å²) in [5.74, 6) is -0.513. The zero-order chi connectivity index (χ0) is 16.9. The first-order valence-corrected chi connectivity index (χ1v) is 7.09. The summed E-state index contributed by atoms with van der Waals surface area (Å²) in [6.07, 6.45) is 3.44. The second kappa shape index (κ2) is 6.91. The molecule has 2 aromatic carbocycles. The van der Waals surface area contributed by atoms with Gasteiger partial charge in [-0.25, -0.2) is 4.68 Å². The minimum atomic E-state index is -2.96. The Morgan fingerprint density at radius 3 is 2.50 bits per heavy atom. The number of rotatable bonds is 5. The Bertz CT molecular complexity index is 818. The molecule has 0 saturated heterocycles. The van der Waals surface area contributed by atoms with Crippen LogP contribution in [0.5, 0.6) is 5.75 Å². The molecule has 0 unspecified atom stereocenters. The number of nitrogens with one attached hydrogen (secondary N) is 1. The van der Waals surface area contributed by atoms with E-state index in [9.17, 15) is 13.6 Å². The average molecular weight is 329 g/mol. The Balaban J connectivity index is 1.76. The van der Waals surface area contributed by atoms with Gasteiger partial charge in [-0.2, -0.15) is 13.9 Å². The van der Waals surface area contributed by atoms with Crippen LogP contribution in [0.3, 0.4) is 0 Å². The minimum Gasteiger partial charge on any atom is -0.433 e. The number of hydrogen-bond donors (Lipinski definition) is 1. The number of para-hydroxylation sites is 2. The van der Waals surface area contributed by atoms with Crippen LogP contribution in [0.4, 0.5) is 14.5 Å². The highest BCUT2D eigenvalue weighted by Crippen LogP contribution is 2.26. The van der Waals surface area contributed by atoms with Gasteiger partial charge < -0.3 is 10.1 Å². The van der Waals surface area contributed by atoms with Crippen LogP contribution in [0.1, 0.15) is 10.4 Å². The summed E-state index contributed by atoms with van der Waals surface area (Å²) in [5.41, 5.74) is 1.37. The highest BCUT2D eigenvalue weighted by Gasteiger charge is 2.12. The molecule has 0 aliphatic rings. The fourth-order valence-corrected chi connectivity index (χ4v) is 2.15. The number of carbonyl (C=O) groups is 1. The van der Waals surface area contributed by atoms with E-state index in [1.165, 1.54) is 12.1 Å². The second-order valence-electron chi connectivity index (χ2n) is 4.83. The fourth-order valence-electron chi connectivity index (χ4n) is 2.15. The van der Waals surface area contributed by atoms with Gasteiger partial charge in [-0.15, -0.1) is 0 Å². The van der Waals surface area contributed by atoms with E-state index >= 15 is 0 Å². The molecule has 0 fully saturated rings. The van der Waals surface area contributed by atoms with Crippen molar-refractivity contribution in [1.82, 2.24) is 9.78 Å². The molecule has 0 aliphatic carbocycles. The molecule has 5 nitrogen and oxygen atoms in total. The molecule has 0 bridgehead atoms. The minimum absolute atomic E-state index is 0.0889. The van der Waals surface area contributed by atoms with Crippen LogP contribution in [-0.4, -0.2) is 22.3 Å². The maximum Gasteiger partial charge on any atom is 0.387 e. The monoisotopic (exact) mass is 329 g/mol. The van der Waals surface area contributed by atoms with E-state index in [1.807, 2.05) is 0 Å². The molecule has 0 radical (unpaired) electrons. The lowest BCUT2D eigenvalue weighted by atomic mass is 10.2. The molecule has 3 rings (SSSR count). The van der Waals surface area contributed by atoms with Crippen molar-refractivity contribution in [2.24, 2.45) is 0 Å². The lowest BCUT2D eigenvalue weighted by Gasteiger charge is -2.11. The molecule has 0 aliphatic heterocycles. The van der Waals surface area contributed by atoms with E-state index in [0.29, 0.717) is 5.56 Å². The van der Waals surface area contributed by atoms with Gasteiger partial charge in [0.2, 0.25) is 0 Å². The van der Waals surface area contributed by atoms with E-state index in [1.54, 1.807) is 59.5 Å². The topological polar surface area (TPSA) is 56.1 Å². The largest absolute Gasteiger partial charge is 0.433 e. The highest BCUT2D eigenvalue weighted by atomic mass is 19.3. The van der Waals surface area contributed by atoms with Gasteiger partial charge in [0.15, 0.2) is 0 Å². The third kappa shape index (κ3) is 3.57. The summed E-state index contributed by atoms with van der Waals surface area (Å²) in [6.45, 7) is -2.96. The maximum atomic E-state index is 12.4. The molecule has 0 atom stereocenters.